The second-order valence-corrected chi connectivity index (χ2v) is 3.57. The smallest absolute Gasteiger partial charge is 0.0628 e. The van der Waals surface area contributed by atoms with E-state index >= 15 is 0 Å². The molecular weight excluding hydrogens is 174 g/mol. The Balaban J connectivity index is 2.70. The van der Waals surface area contributed by atoms with Gasteiger partial charge < -0.3 is 5.32 Å². The van der Waals surface area contributed by atoms with Gasteiger partial charge >= 0.3 is 0 Å². The Morgan fingerprint density at radius 3 is 2.50 bits per heavy atom. The van der Waals surface area contributed by atoms with E-state index < -0.39 is 0 Å². The summed E-state index contributed by atoms with van der Waals surface area (Å²) in [6.07, 6.45) is 1.09. The summed E-state index contributed by atoms with van der Waals surface area (Å²) in [6, 6.07) is 0. The number of nitrogens with zero attached hydrogens (tertiary/aromatic N) is 2. The molecule has 1 N–H and O–H groups in total. The lowest BCUT2D eigenvalue weighted by molar-refractivity contribution is 0.632. The summed E-state index contributed by atoms with van der Waals surface area (Å²) in [5, 5.41) is 7.84. The van der Waals surface area contributed by atoms with Gasteiger partial charge in [0.25, 0.3) is 0 Å². The largest absolute Gasteiger partial charge is 0.317 e. The molecule has 0 aliphatic heterocycles. The van der Waals surface area contributed by atoms with Crippen molar-refractivity contribution in [1.82, 2.24) is 15.1 Å². The molecule has 1 rings (SSSR count). The van der Waals surface area contributed by atoms with Crippen LogP contribution in [0.15, 0.2) is 0 Å². The van der Waals surface area contributed by atoms with Crippen LogP contribution in [0, 0.1) is 13.8 Å². The Labute approximate surface area is 86.5 Å². The van der Waals surface area contributed by atoms with Crippen molar-refractivity contribution >= 4 is 0 Å². The SMILES string of the molecule is CCNCCc1c(C)nn(CC)c1C. The Hall–Kier alpha value is -0.830. The number of likely N-dealkylation sites (N-methyl/N-ethyl adjacent to an activating group) is 1. The maximum Gasteiger partial charge on any atom is 0.0628 e. The molecule has 3 nitrogen and oxygen atoms in total. The highest BCUT2D eigenvalue weighted by Crippen LogP contribution is 2.12. The molecule has 1 heterocycles. The quantitative estimate of drug-likeness (QED) is 0.724. The summed E-state index contributed by atoms with van der Waals surface area (Å²) in [7, 11) is 0. The predicted molar refractivity (Wildman–Crippen MR) is 59.6 cm³/mol. The van der Waals surface area contributed by atoms with Crippen LogP contribution in [0.4, 0.5) is 0 Å². The topological polar surface area (TPSA) is 29.9 Å². The zero-order valence-electron chi connectivity index (χ0n) is 9.72. The molecule has 0 aliphatic carbocycles. The van der Waals surface area contributed by atoms with Crippen molar-refractivity contribution in [3.05, 3.63) is 17.0 Å². The third-order valence-electron chi connectivity index (χ3n) is 2.63. The van der Waals surface area contributed by atoms with Gasteiger partial charge in [-0.3, -0.25) is 4.68 Å². The second kappa shape index (κ2) is 5.15. The van der Waals surface area contributed by atoms with Gasteiger partial charge in [-0.25, -0.2) is 0 Å². The lowest BCUT2D eigenvalue weighted by Crippen LogP contribution is -2.16. The zero-order valence-corrected chi connectivity index (χ0v) is 9.72. The average Bonchev–Trinajstić information content (AvgIpc) is 2.45. The minimum absolute atomic E-state index is 0.966. The lowest BCUT2D eigenvalue weighted by Gasteiger charge is -2.03. The lowest BCUT2D eigenvalue weighted by atomic mass is 10.1. The molecule has 1 aromatic rings. The van der Waals surface area contributed by atoms with E-state index in [0.29, 0.717) is 0 Å². The number of rotatable bonds is 5. The van der Waals surface area contributed by atoms with Crippen molar-refractivity contribution in [3.8, 4) is 0 Å². The minimum Gasteiger partial charge on any atom is -0.317 e. The van der Waals surface area contributed by atoms with Crippen molar-refractivity contribution in [2.24, 2.45) is 0 Å². The van der Waals surface area contributed by atoms with Crippen molar-refractivity contribution in [2.45, 2.75) is 40.7 Å². The molecule has 0 saturated heterocycles. The fourth-order valence-corrected chi connectivity index (χ4v) is 1.79. The van der Waals surface area contributed by atoms with Gasteiger partial charge in [0, 0.05) is 12.2 Å². The van der Waals surface area contributed by atoms with Gasteiger partial charge in [0.1, 0.15) is 0 Å². The van der Waals surface area contributed by atoms with E-state index in [-0.39, 0.29) is 0 Å². The Kier molecular flexibility index (Phi) is 4.14. The van der Waals surface area contributed by atoms with Crippen LogP contribution in [0.3, 0.4) is 0 Å². The van der Waals surface area contributed by atoms with Crippen molar-refractivity contribution in [2.75, 3.05) is 13.1 Å². The molecule has 0 radical (unpaired) electrons. The number of hydrogen-bond acceptors (Lipinski definition) is 2. The molecule has 0 atom stereocenters. The van der Waals surface area contributed by atoms with Gasteiger partial charge in [-0.2, -0.15) is 5.10 Å². The Bertz CT molecular complexity index is 289. The standard InChI is InChI=1S/C11H21N3/c1-5-12-8-7-11-9(3)13-14(6-2)10(11)4/h12H,5-8H2,1-4H3. The molecule has 0 saturated carbocycles. The van der Waals surface area contributed by atoms with Crippen LogP contribution in [-0.2, 0) is 13.0 Å². The van der Waals surface area contributed by atoms with Crippen LogP contribution in [0.1, 0.15) is 30.8 Å². The summed E-state index contributed by atoms with van der Waals surface area (Å²) >= 11 is 0. The van der Waals surface area contributed by atoms with E-state index in [1.165, 1.54) is 17.0 Å². The van der Waals surface area contributed by atoms with E-state index in [2.05, 4.69) is 42.8 Å². The first kappa shape index (κ1) is 11.2. The van der Waals surface area contributed by atoms with E-state index in [1.807, 2.05) is 0 Å². The fraction of sp³-hybridized carbons (Fsp3) is 0.727. The molecule has 0 amide bonds. The van der Waals surface area contributed by atoms with Crippen LogP contribution in [0.25, 0.3) is 0 Å². The maximum atomic E-state index is 4.50. The molecule has 0 spiro atoms. The highest BCUT2D eigenvalue weighted by Gasteiger charge is 2.09. The number of nitrogens with one attached hydrogen (secondary N) is 1. The van der Waals surface area contributed by atoms with E-state index in [0.717, 1.165) is 26.1 Å². The van der Waals surface area contributed by atoms with Gasteiger partial charge in [-0.05, 0) is 45.8 Å². The van der Waals surface area contributed by atoms with Crippen molar-refractivity contribution < 1.29 is 0 Å². The third-order valence-corrected chi connectivity index (χ3v) is 2.63. The van der Waals surface area contributed by atoms with Crippen LogP contribution < -0.4 is 5.32 Å². The van der Waals surface area contributed by atoms with Gasteiger partial charge in [0.2, 0.25) is 0 Å². The first-order valence-corrected chi connectivity index (χ1v) is 5.44. The first-order valence-electron chi connectivity index (χ1n) is 5.44. The van der Waals surface area contributed by atoms with Gasteiger partial charge in [0.15, 0.2) is 0 Å². The molecule has 1 aromatic heterocycles. The van der Waals surface area contributed by atoms with Crippen molar-refractivity contribution in [1.29, 1.82) is 0 Å². The fourth-order valence-electron chi connectivity index (χ4n) is 1.79. The van der Waals surface area contributed by atoms with E-state index in [1.54, 1.807) is 0 Å². The average molecular weight is 195 g/mol. The normalized spacial score (nSPS) is 10.9. The molecule has 80 valence electrons. The molecule has 0 bridgehead atoms. The molecule has 3 heteroatoms. The molecule has 0 aliphatic rings. The van der Waals surface area contributed by atoms with Crippen LogP contribution in [-0.4, -0.2) is 22.9 Å². The van der Waals surface area contributed by atoms with Gasteiger partial charge in [-0.1, -0.05) is 6.92 Å². The first-order chi connectivity index (χ1) is 6.70. The number of aromatic nitrogens is 2. The van der Waals surface area contributed by atoms with Crippen molar-refractivity contribution in [3.63, 3.8) is 0 Å². The zero-order chi connectivity index (χ0) is 10.6. The second-order valence-electron chi connectivity index (χ2n) is 3.57. The summed E-state index contributed by atoms with van der Waals surface area (Å²) in [5.41, 5.74) is 3.91. The summed E-state index contributed by atoms with van der Waals surface area (Å²) in [4.78, 5) is 0. The summed E-state index contributed by atoms with van der Waals surface area (Å²) < 4.78 is 2.08. The molecule has 0 fully saturated rings. The van der Waals surface area contributed by atoms with Crippen LogP contribution in [0.2, 0.25) is 0 Å². The highest BCUT2D eigenvalue weighted by molar-refractivity contribution is 5.24. The summed E-state index contributed by atoms with van der Waals surface area (Å²) in [6.45, 7) is 11.6. The Morgan fingerprint density at radius 2 is 2.00 bits per heavy atom. The third kappa shape index (κ3) is 2.35. The van der Waals surface area contributed by atoms with Crippen LogP contribution in [0.5, 0.6) is 0 Å². The van der Waals surface area contributed by atoms with Gasteiger partial charge in [-0.15, -0.1) is 0 Å². The molecule has 0 unspecified atom stereocenters. The number of hydrogen-bond donors (Lipinski definition) is 1. The maximum absolute atomic E-state index is 4.50. The highest BCUT2D eigenvalue weighted by atomic mass is 15.3. The van der Waals surface area contributed by atoms with E-state index in [4.69, 9.17) is 0 Å². The number of aryl methyl sites for hydroxylation is 2. The monoisotopic (exact) mass is 195 g/mol. The summed E-state index contributed by atoms with van der Waals surface area (Å²) in [5.74, 6) is 0. The van der Waals surface area contributed by atoms with Crippen LogP contribution >= 0.6 is 0 Å². The molecule has 0 aromatic carbocycles. The predicted octanol–water partition coefficient (Wildman–Crippen LogP) is 1.67. The minimum atomic E-state index is 0.966. The molecular formula is C11H21N3. The Morgan fingerprint density at radius 1 is 1.29 bits per heavy atom. The van der Waals surface area contributed by atoms with Gasteiger partial charge in [0.05, 0.1) is 5.69 Å². The molecule has 14 heavy (non-hydrogen) atoms. The van der Waals surface area contributed by atoms with E-state index in [9.17, 15) is 0 Å².